The normalized spacial score (nSPS) is 16.1. The molecule has 1 aromatic carbocycles. The number of hydrogen-bond acceptors (Lipinski definition) is 5. The van der Waals surface area contributed by atoms with Gasteiger partial charge in [-0.3, -0.25) is 14.5 Å². The van der Waals surface area contributed by atoms with Crippen LogP contribution in [0.1, 0.15) is 12.5 Å². The highest BCUT2D eigenvalue weighted by Crippen LogP contribution is 2.26. The maximum atomic E-state index is 12.7. The molecule has 0 radical (unpaired) electrons. The van der Waals surface area contributed by atoms with Crippen molar-refractivity contribution in [3.8, 4) is 0 Å². The van der Waals surface area contributed by atoms with Crippen LogP contribution in [-0.2, 0) is 21.4 Å². The molecule has 11 heteroatoms. The van der Waals surface area contributed by atoms with Crippen LogP contribution >= 0.6 is 23.2 Å². The average Bonchev–Trinajstić information content (AvgIpc) is 2.89. The number of halogens is 3. The van der Waals surface area contributed by atoms with Gasteiger partial charge in [0, 0.05) is 12.1 Å². The van der Waals surface area contributed by atoms with Gasteiger partial charge < -0.3 is 5.11 Å². The highest BCUT2D eigenvalue weighted by molar-refractivity contribution is 7.96. The van der Waals surface area contributed by atoms with Crippen LogP contribution in [0.4, 0.5) is 10.1 Å². The number of allylic oxidation sites excluding steroid dienone is 5. The Hall–Kier alpha value is -2.36. The summed E-state index contributed by atoms with van der Waals surface area (Å²) in [5.41, 5.74) is 1.29. The van der Waals surface area contributed by atoms with E-state index in [9.17, 15) is 12.8 Å². The molecule has 0 bridgehead atoms. The predicted molar refractivity (Wildman–Crippen MR) is 119 cm³/mol. The smallest absolute Gasteiger partial charge is 0.290 e. The van der Waals surface area contributed by atoms with Crippen molar-refractivity contribution in [1.29, 1.82) is 0 Å². The van der Waals surface area contributed by atoms with Crippen molar-refractivity contribution in [2.24, 2.45) is 5.10 Å². The summed E-state index contributed by atoms with van der Waals surface area (Å²) in [4.78, 5) is 8.44. The highest BCUT2D eigenvalue weighted by Gasteiger charge is 2.18. The minimum absolute atomic E-state index is 0.0764. The molecular weight excluding hydrogens is 456 g/mol. The van der Waals surface area contributed by atoms with E-state index in [1.165, 1.54) is 23.2 Å². The van der Waals surface area contributed by atoms with Crippen molar-refractivity contribution >= 4 is 51.1 Å². The second-order valence-electron chi connectivity index (χ2n) is 6.05. The zero-order valence-electron chi connectivity index (χ0n) is 16.3. The van der Waals surface area contributed by atoms with E-state index < -0.39 is 16.7 Å². The van der Waals surface area contributed by atoms with Crippen LogP contribution in [0.3, 0.4) is 0 Å². The molecule has 1 aliphatic carbocycles. The lowest BCUT2D eigenvalue weighted by atomic mass is 10.2. The standard InChI is InChI=1S/C18H20Cl2FN3O2S.CH2O2/c1-13(11-21)22-24(2)12-14-6-7-16(20)10-18(14)23-27(25,26)17-5-3-4-15(19)8-9-17;2-1-3/h3-10,15,23H,11-12H2,1-2H3;1H,(H,2,3)/b22-13-;. The minimum atomic E-state index is -3.84. The monoisotopic (exact) mass is 477 g/mol. The predicted octanol–water partition coefficient (Wildman–Crippen LogP) is 4.18. The quantitative estimate of drug-likeness (QED) is 0.265. The summed E-state index contributed by atoms with van der Waals surface area (Å²) in [6, 6.07) is 4.87. The molecule has 0 fully saturated rings. The molecular formula is C19H22Cl2FN3O4S. The molecule has 0 aromatic heterocycles. The summed E-state index contributed by atoms with van der Waals surface area (Å²) in [6.45, 7) is 0.940. The molecule has 7 nitrogen and oxygen atoms in total. The summed E-state index contributed by atoms with van der Waals surface area (Å²) in [5, 5.41) is 12.5. The van der Waals surface area contributed by atoms with Gasteiger partial charge >= 0.3 is 0 Å². The molecule has 2 rings (SSSR count). The first-order chi connectivity index (χ1) is 14.1. The van der Waals surface area contributed by atoms with Crippen molar-refractivity contribution in [3.05, 3.63) is 64.1 Å². The molecule has 0 amide bonds. The Morgan fingerprint density at radius 1 is 1.40 bits per heavy atom. The minimum Gasteiger partial charge on any atom is -0.483 e. The molecule has 0 aliphatic heterocycles. The lowest BCUT2D eigenvalue weighted by Crippen LogP contribution is -2.18. The van der Waals surface area contributed by atoms with Gasteiger partial charge in [0.05, 0.1) is 28.2 Å². The van der Waals surface area contributed by atoms with Crippen LogP contribution in [0.2, 0.25) is 5.02 Å². The van der Waals surface area contributed by atoms with E-state index in [4.69, 9.17) is 33.1 Å². The summed E-state index contributed by atoms with van der Waals surface area (Å²) in [5.74, 6) is 0. The van der Waals surface area contributed by atoms with Gasteiger partial charge in [0.25, 0.3) is 16.5 Å². The second-order valence-corrected chi connectivity index (χ2v) is 8.68. The molecule has 0 spiro atoms. The number of anilines is 1. The zero-order valence-corrected chi connectivity index (χ0v) is 18.6. The number of sulfonamides is 1. The molecule has 1 unspecified atom stereocenters. The van der Waals surface area contributed by atoms with Crippen molar-refractivity contribution < 1.29 is 22.7 Å². The fraction of sp³-hybridized carbons (Fsp3) is 0.263. The molecule has 0 saturated carbocycles. The number of alkyl halides is 2. The molecule has 1 aliphatic rings. The van der Waals surface area contributed by atoms with E-state index in [0.717, 1.165) is 0 Å². The van der Waals surface area contributed by atoms with Gasteiger partial charge in [0.15, 0.2) is 0 Å². The Bertz CT molecular complexity index is 963. The maximum Gasteiger partial charge on any atom is 0.290 e. The number of hydrogen-bond donors (Lipinski definition) is 2. The first-order valence-electron chi connectivity index (χ1n) is 8.54. The van der Waals surface area contributed by atoms with E-state index in [1.807, 2.05) is 0 Å². The van der Waals surface area contributed by atoms with E-state index in [1.54, 1.807) is 44.3 Å². The third-order valence-corrected chi connectivity index (χ3v) is 5.47. The Morgan fingerprint density at radius 2 is 2.07 bits per heavy atom. The number of hydrazone groups is 1. The molecule has 1 aromatic rings. The molecule has 1 atom stereocenters. The molecule has 0 saturated heterocycles. The summed E-state index contributed by atoms with van der Waals surface area (Å²) in [6.07, 6.45) is 7.76. The molecule has 30 heavy (non-hydrogen) atoms. The number of carbonyl (C=O) groups is 1. The lowest BCUT2D eigenvalue weighted by molar-refractivity contribution is -0.122. The Morgan fingerprint density at radius 3 is 2.70 bits per heavy atom. The van der Waals surface area contributed by atoms with E-state index in [2.05, 4.69) is 9.82 Å². The summed E-state index contributed by atoms with van der Waals surface area (Å²) in [7, 11) is -2.17. The first kappa shape index (κ1) is 25.7. The van der Waals surface area contributed by atoms with Crippen molar-refractivity contribution in [3.63, 3.8) is 0 Å². The number of benzene rings is 1. The highest BCUT2D eigenvalue weighted by atomic mass is 35.5. The van der Waals surface area contributed by atoms with Gasteiger partial charge in [0.1, 0.15) is 6.67 Å². The number of nitrogens with zero attached hydrogens (tertiary/aromatic N) is 2. The molecule has 164 valence electrons. The van der Waals surface area contributed by atoms with Gasteiger partial charge in [-0.2, -0.15) is 5.10 Å². The third kappa shape index (κ3) is 8.56. The van der Waals surface area contributed by atoms with Crippen LogP contribution in [-0.4, -0.2) is 49.8 Å². The first-order valence-corrected chi connectivity index (χ1v) is 10.8. The van der Waals surface area contributed by atoms with E-state index in [-0.39, 0.29) is 23.3 Å². The Kier molecular flexibility index (Phi) is 10.6. The van der Waals surface area contributed by atoms with Gasteiger partial charge in [-0.1, -0.05) is 35.9 Å². The van der Waals surface area contributed by atoms with E-state index in [0.29, 0.717) is 22.0 Å². The number of rotatable bonds is 7. The third-order valence-electron chi connectivity index (χ3n) is 3.56. The van der Waals surface area contributed by atoms with Crippen LogP contribution < -0.4 is 4.72 Å². The fourth-order valence-corrected chi connectivity index (χ4v) is 3.77. The zero-order chi connectivity index (χ0) is 22.7. The molecule has 0 heterocycles. The van der Waals surface area contributed by atoms with Crippen molar-refractivity contribution in [2.75, 3.05) is 18.4 Å². The maximum absolute atomic E-state index is 12.7. The van der Waals surface area contributed by atoms with Crippen LogP contribution in [0, 0.1) is 0 Å². The molecule has 2 N–H and O–H groups in total. The van der Waals surface area contributed by atoms with Crippen LogP contribution in [0.25, 0.3) is 0 Å². The Labute approximate surface area is 185 Å². The van der Waals surface area contributed by atoms with Gasteiger partial charge in [-0.05, 0) is 36.8 Å². The van der Waals surface area contributed by atoms with Crippen molar-refractivity contribution in [1.82, 2.24) is 5.01 Å². The lowest BCUT2D eigenvalue weighted by Gasteiger charge is -2.18. The fourth-order valence-electron chi connectivity index (χ4n) is 2.33. The number of carboxylic acid groups (broad SMARTS) is 1. The van der Waals surface area contributed by atoms with Gasteiger partial charge in [-0.15, -0.1) is 11.6 Å². The number of nitrogens with one attached hydrogen (secondary N) is 1. The Balaban J connectivity index is 0.00000141. The average molecular weight is 478 g/mol. The van der Waals surface area contributed by atoms with Gasteiger partial charge in [0.2, 0.25) is 0 Å². The largest absolute Gasteiger partial charge is 0.483 e. The van der Waals surface area contributed by atoms with Crippen molar-refractivity contribution in [2.45, 2.75) is 18.8 Å². The van der Waals surface area contributed by atoms with E-state index >= 15 is 0 Å². The topological polar surface area (TPSA) is 99.1 Å². The van der Waals surface area contributed by atoms with Crippen LogP contribution in [0.15, 0.2) is 58.6 Å². The SMILES string of the molecule is C/C(CF)=N/N(C)Cc1ccc(Cl)cc1NS(=O)(=O)C1=CC=CC(Cl)C=C1.O=CO. The van der Waals surface area contributed by atoms with Gasteiger partial charge in [-0.25, -0.2) is 12.8 Å². The second kappa shape index (κ2) is 12.4. The summed E-state index contributed by atoms with van der Waals surface area (Å²) >= 11 is 12.0. The van der Waals surface area contributed by atoms with Crippen LogP contribution in [0.5, 0.6) is 0 Å². The summed E-state index contributed by atoms with van der Waals surface area (Å²) < 4.78 is 40.7.